The summed E-state index contributed by atoms with van der Waals surface area (Å²) < 4.78 is 5.51. The molecule has 2 heteroatoms. The van der Waals surface area contributed by atoms with Gasteiger partial charge in [-0.05, 0) is 26.3 Å². The second-order valence-corrected chi connectivity index (χ2v) is 3.18. The Kier molecular flexibility index (Phi) is 3.09. The van der Waals surface area contributed by atoms with Gasteiger partial charge in [-0.25, -0.2) is 0 Å². The van der Waals surface area contributed by atoms with Crippen LogP contribution in [0.2, 0.25) is 0 Å². The molecule has 0 saturated carbocycles. The zero-order valence-corrected chi connectivity index (χ0v) is 7.42. The van der Waals surface area contributed by atoms with Crippen molar-refractivity contribution < 1.29 is 4.74 Å². The molecule has 1 atom stereocenters. The topological polar surface area (TPSA) is 12.5 Å². The van der Waals surface area contributed by atoms with Crippen LogP contribution in [0.1, 0.15) is 20.3 Å². The molecule has 1 rings (SSSR count). The summed E-state index contributed by atoms with van der Waals surface area (Å²) in [6, 6.07) is 0.554. The maximum absolute atomic E-state index is 5.51. The van der Waals surface area contributed by atoms with Crippen LogP contribution in [-0.2, 0) is 4.74 Å². The first-order chi connectivity index (χ1) is 5.25. The maximum atomic E-state index is 5.51. The van der Waals surface area contributed by atoms with Crippen LogP contribution in [0.15, 0.2) is 12.7 Å². The Morgan fingerprint density at radius 2 is 2.36 bits per heavy atom. The molecule has 1 aliphatic heterocycles. The quantitative estimate of drug-likeness (QED) is 0.562. The van der Waals surface area contributed by atoms with Crippen molar-refractivity contribution in [1.29, 1.82) is 0 Å². The highest BCUT2D eigenvalue weighted by Crippen LogP contribution is 2.13. The average molecular weight is 155 g/mol. The summed E-state index contributed by atoms with van der Waals surface area (Å²) >= 11 is 0. The molecule has 0 bridgehead atoms. The first-order valence-corrected chi connectivity index (χ1v) is 4.25. The molecule has 0 aliphatic carbocycles. The molecule has 0 spiro atoms. The maximum Gasteiger partial charge on any atom is 0.129 e. The van der Waals surface area contributed by atoms with Gasteiger partial charge in [0.15, 0.2) is 0 Å². The van der Waals surface area contributed by atoms with Gasteiger partial charge in [-0.15, -0.1) is 0 Å². The lowest BCUT2D eigenvalue weighted by Gasteiger charge is -2.36. The van der Waals surface area contributed by atoms with E-state index in [0.717, 1.165) is 19.6 Å². The fourth-order valence-electron chi connectivity index (χ4n) is 1.43. The highest BCUT2D eigenvalue weighted by Gasteiger charge is 2.21. The molecule has 64 valence electrons. The van der Waals surface area contributed by atoms with Gasteiger partial charge >= 0.3 is 0 Å². The first kappa shape index (κ1) is 8.75. The van der Waals surface area contributed by atoms with E-state index in [0.29, 0.717) is 6.04 Å². The van der Waals surface area contributed by atoms with Crippen molar-refractivity contribution in [2.24, 2.45) is 0 Å². The van der Waals surface area contributed by atoms with E-state index in [9.17, 15) is 0 Å². The van der Waals surface area contributed by atoms with Crippen molar-refractivity contribution in [3.63, 3.8) is 0 Å². The molecule has 0 amide bonds. The molecule has 2 nitrogen and oxygen atoms in total. The Labute approximate surface area is 68.8 Å². The minimum atomic E-state index is 0.142. The normalized spacial score (nSPS) is 27.4. The van der Waals surface area contributed by atoms with Crippen LogP contribution in [0, 0.1) is 0 Å². The Hall–Kier alpha value is -0.340. The monoisotopic (exact) mass is 155 g/mol. The molecule has 1 aliphatic rings. The predicted molar refractivity (Wildman–Crippen MR) is 46.4 cm³/mol. The van der Waals surface area contributed by atoms with Crippen LogP contribution in [0.25, 0.3) is 0 Å². The lowest BCUT2D eigenvalue weighted by atomic mass is 10.2. The number of rotatable bonds is 2. The summed E-state index contributed by atoms with van der Waals surface area (Å²) in [6.07, 6.45) is 3.16. The molecule has 1 fully saturated rings. The minimum absolute atomic E-state index is 0.142. The summed E-state index contributed by atoms with van der Waals surface area (Å²) in [6.45, 7) is 10.1. The van der Waals surface area contributed by atoms with E-state index in [-0.39, 0.29) is 6.23 Å². The van der Waals surface area contributed by atoms with Crippen molar-refractivity contribution in [3.8, 4) is 0 Å². The summed E-state index contributed by atoms with van der Waals surface area (Å²) in [5, 5.41) is 0. The minimum Gasteiger partial charge on any atom is -0.359 e. The molecule has 0 aromatic rings. The Bertz CT molecular complexity index is 134. The van der Waals surface area contributed by atoms with E-state index >= 15 is 0 Å². The van der Waals surface area contributed by atoms with Gasteiger partial charge in [0.05, 0.1) is 6.61 Å². The SMILES string of the molecule is C=CC1OCCCN1C(C)C. The Morgan fingerprint density at radius 1 is 1.64 bits per heavy atom. The smallest absolute Gasteiger partial charge is 0.129 e. The van der Waals surface area contributed by atoms with Crippen LogP contribution in [0.4, 0.5) is 0 Å². The summed E-state index contributed by atoms with van der Waals surface area (Å²) in [5.74, 6) is 0. The number of hydrogen-bond donors (Lipinski definition) is 0. The summed E-state index contributed by atoms with van der Waals surface area (Å²) in [4.78, 5) is 2.32. The van der Waals surface area contributed by atoms with Gasteiger partial charge in [-0.2, -0.15) is 0 Å². The lowest BCUT2D eigenvalue weighted by molar-refractivity contribution is -0.0793. The Balaban J connectivity index is 2.51. The van der Waals surface area contributed by atoms with Crippen molar-refractivity contribution in [3.05, 3.63) is 12.7 Å². The molecular formula is C9H17NO. The van der Waals surface area contributed by atoms with E-state index in [1.165, 1.54) is 0 Å². The van der Waals surface area contributed by atoms with Crippen LogP contribution in [0.5, 0.6) is 0 Å². The molecule has 1 unspecified atom stereocenters. The van der Waals surface area contributed by atoms with Crippen LogP contribution in [0.3, 0.4) is 0 Å². The second-order valence-electron chi connectivity index (χ2n) is 3.18. The van der Waals surface area contributed by atoms with Crippen LogP contribution in [-0.4, -0.2) is 30.3 Å². The zero-order valence-electron chi connectivity index (χ0n) is 7.42. The van der Waals surface area contributed by atoms with Gasteiger partial charge < -0.3 is 4.74 Å². The summed E-state index contributed by atoms with van der Waals surface area (Å²) in [7, 11) is 0. The van der Waals surface area contributed by atoms with Gasteiger partial charge in [0.1, 0.15) is 6.23 Å². The standard InChI is InChI=1S/C9H17NO/c1-4-9-10(8(2)3)6-5-7-11-9/h4,8-9H,1,5-7H2,2-3H3. The second kappa shape index (κ2) is 3.88. The predicted octanol–water partition coefficient (Wildman–Crippen LogP) is 1.63. The molecule has 1 heterocycles. The van der Waals surface area contributed by atoms with E-state index in [4.69, 9.17) is 4.74 Å². The fraction of sp³-hybridized carbons (Fsp3) is 0.778. The molecule has 0 aromatic heterocycles. The van der Waals surface area contributed by atoms with Crippen molar-refractivity contribution in [2.45, 2.75) is 32.5 Å². The van der Waals surface area contributed by atoms with Crippen molar-refractivity contribution in [1.82, 2.24) is 4.90 Å². The van der Waals surface area contributed by atoms with E-state index in [1.807, 2.05) is 6.08 Å². The van der Waals surface area contributed by atoms with Gasteiger partial charge in [0.25, 0.3) is 0 Å². The Morgan fingerprint density at radius 3 is 2.82 bits per heavy atom. The molecule has 0 N–H and O–H groups in total. The first-order valence-electron chi connectivity index (χ1n) is 4.25. The molecule has 11 heavy (non-hydrogen) atoms. The van der Waals surface area contributed by atoms with Gasteiger partial charge in [0, 0.05) is 12.6 Å². The third kappa shape index (κ3) is 2.04. The molecule has 1 saturated heterocycles. The van der Waals surface area contributed by atoms with E-state index in [2.05, 4.69) is 25.3 Å². The number of ether oxygens (including phenoxy) is 1. The molecule has 0 aromatic carbocycles. The molecule has 0 radical (unpaired) electrons. The van der Waals surface area contributed by atoms with Crippen molar-refractivity contribution >= 4 is 0 Å². The van der Waals surface area contributed by atoms with Crippen LogP contribution >= 0.6 is 0 Å². The fourth-order valence-corrected chi connectivity index (χ4v) is 1.43. The third-order valence-corrected chi connectivity index (χ3v) is 2.04. The van der Waals surface area contributed by atoms with Crippen molar-refractivity contribution in [2.75, 3.05) is 13.2 Å². The number of nitrogens with zero attached hydrogens (tertiary/aromatic N) is 1. The average Bonchev–Trinajstić information content (AvgIpc) is 2.04. The van der Waals surface area contributed by atoms with E-state index < -0.39 is 0 Å². The third-order valence-electron chi connectivity index (χ3n) is 2.04. The largest absolute Gasteiger partial charge is 0.359 e. The summed E-state index contributed by atoms with van der Waals surface area (Å²) in [5.41, 5.74) is 0. The van der Waals surface area contributed by atoms with E-state index in [1.54, 1.807) is 0 Å². The van der Waals surface area contributed by atoms with Gasteiger partial charge in [-0.1, -0.05) is 6.58 Å². The lowest BCUT2D eigenvalue weighted by Crippen LogP contribution is -2.45. The van der Waals surface area contributed by atoms with Crippen LogP contribution < -0.4 is 0 Å². The zero-order chi connectivity index (χ0) is 8.27. The van der Waals surface area contributed by atoms with Gasteiger partial charge in [-0.3, -0.25) is 4.90 Å². The van der Waals surface area contributed by atoms with Gasteiger partial charge in [0.2, 0.25) is 0 Å². The number of hydrogen-bond acceptors (Lipinski definition) is 2. The highest BCUT2D eigenvalue weighted by molar-refractivity contribution is 4.84. The highest BCUT2D eigenvalue weighted by atomic mass is 16.5. The molecular weight excluding hydrogens is 138 g/mol.